The molecule has 0 amide bonds. The summed E-state index contributed by atoms with van der Waals surface area (Å²) in [6, 6.07) is 26.1. The van der Waals surface area contributed by atoms with E-state index in [1.807, 2.05) is 72.8 Å². The molecule has 0 atom stereocenters. The Bertz CT molecular complexity index is 1680. The number of aromatic nitrogens is 5. The van der Waals surface area contributed by atoms with Crippen molar-refractivity contribution >= 4 is 63.0 Å². The molecule has 4 aromatic heterocycles. The van der Waals surface area contributed by atoms with Gasteiger partial charge in [0.2, 0.25) is 0 Å². The van der Waals surface area contributed by atoms with Crippen molar-refractivity contribution in [3.8, 4) is 0 Å². The molecule has 0 saturated carbocycles. The molecule has 8 bridgehead atoms. The van der Waals surface area contributed by atoms with Crippen LogP contribution in [0.4, 0.5) is 5.69 Å². The van der Waals surface area contributed by atoms with E-state index in [2.05, 4.69) is 55.3 Å². The highest BCUT2D eigenvalue weighted by Gasteiger charge is 2.02. The van der Waals surface area contributed by atoms with Crippen LogP contribution >= 0.6 is 0 Å². The number of para-hydroxylation sites is 1. The van der Waals surface area contributed by atoms with E-state index in [4.69, 9.17) is 5.73 Å². The highest BCUT2D eigenvalue weighted by Crippen LogP contribution is 2.18. The molecule has 0 spiro atoms. The summed E-state index contributed by atoms with van der Waals surface area (Å²) in [6.07, 6.45) is 9.80. The number of nitrogen functional groups attached to an aromatic ring is 1. The molecule has 168 valence electrons. The van der Waals surface area contributed by atoms with Crippen LogP contribution in [0, 0.1) is 0 Å². The molecule has 0 radical (unpaired) electrons. The van der Waals surface area contributed by atoms with Crippen LogP contribution < -0.4 is 5.73 Å². The minimum atomic E-state index is 0.739. The number of benzene rings is 1. The number of rotatable bonds is 0. The van der Waals surface area contributed by atoms with E-state index >= 15 is 0 Å². The zero-order valence-corrected chi connectivity index (χ0v) is 18.8. The Kier molecular flexibility index (Phi) is 5.16. The van der Waals surface area contributed by atoms with E-state index in [1.165, 1.54) is 0 Å². The van der Waals surface area contributed by atoms with Crippen molar-refractivity contribution in [1.29, 1.82) is 0 Å². The highest BCUT2D eigenvalue weighted by molar-refractivity contribution is 5.88. The van der Waals surface area contributed by atoms with Crippen molar-refractivity contribution < 1.29 is 0 Å². The Balaban J connectivity index is 0.000000174. The molecule has 1 aromatic carbocycles. The zero-order chi connectivity index (χ0) is 23.6. The third-order valence-electron chi connectivity index (χ3n) is 5.71. The van der Waals surface area contributed by atoms with Gasteiger partial charge in [-0.1, -0.05) is 18.2 Å². The summed E-state index contributed by atoms with van der Waals surface area (Å²) in [5.74, 6) is 0. The Labute approximate surface area is 201 Å². The van der Waals surface area contributed by atoms with Gasteiger partial charge in [-0.25, -0.2) is 9.97 Å². The van der Waals surface area contributed by atoms with Gasteiger partial charge in [-0.3, -0.25) is 4.98 Å². The smallest absolute Gasteiger partial charge is 0.0931 e. The molecule has 0 aliphatic carbocycles. The minimum Gasteiger partial charge on any atom is -0.397 e. The molecule has 35 heavy (non-hydrogen) atoms. The molecule has 2 aliphatic rings. The lowest BCUT2D eigenvalue weighted by atomic mass is 10.2. The average molecular weight is 455 g/mol. The molecule has 6 heteroatoms. The predicted octanol–water partition coefficient (Wildman–Crippen LogP) is 6.47. The number of hydrogen-bond acceptors (Lipinski definition) is 4. The molecule has 0 saturated heterocycles. The van der Waals surface area contributed by atoms with Gasteiger partial charge in [0.25, 0.3) is 0 Å². The summed E-state index contributed by atoms with van der Waals surface area (Å²) in [5.41, 5.74) is 15.2. The summed E-state index contributed by atoms with van der Waals surface area (Å²) >= 11 is 0. The van der Waals surface area contributed by atoms with Crippen molar-refractivity contribution in [2.75, 3.05) is 5.73 Å². The fourth-order valence-electron chi connectivity index (χ4n) is 4.07. The number of nitrogens with one attached hydrogen (secondary N) is 2. The van der Waals surface area contributed by atoms with Crippen molar-refractivity contribution in [3.05, 3.63) is 108 Å². The Morgan fingerprint density at radius 1 is 0.543 bits per heavy atom. The van der Waals surface area contributed by atoms with Crippen LogP contribution in [0.25, 0.3) is 57.3 Å². The monoisotopic (exact) mass is 454 g/mol. The lowest BCUT2D eigenvalue weighted by Crippen LogP contribution is -1.87. The van der Waals surface area contributed by atoms with Crippen LogP contribution in [0.1, 0.15) is 22.8 Å². The molecular formula is C29H22N6. The fourth-order valence-corrected chi connectivity index (χ4v) is 4.07. The van der Waals surface area contributed by atoms with E-state index in [1.54, 1.807) is 6.20 Å². The second kappa shape index (κ2) is 8.76. The maximum absolute atomic E-state index is 5.69. The second-order valence-electron chi connectivity index (χ2n) is 8.33. The Morgan fingerprint density at radius 2 is 1.06 bits per heavy atom. The third-order valence-corrected chi connectivity index (χ3v) is 5.71. The molecule has 0 fully saturated rings. The highest BCUT2D eigenvalue weighted by atomic mass is 14.8. The van der Waals surface area contributed by atoms with E-state index < -0.39 is 0 Å². The van der Waals surface area contributed by atoms with Gasteiger partial charge < -0.3 is 15.7 Å². The van der Waals surface area contributed by atoms with Gasteiger partial charge >= 0.3 is 0 Å². The van der Waals surface area contributed by atoms with Crippen LogP contribution in [0.15, 0.2) is 85.1 Å². The van der Waals surface area contributed by atoms with Crippen molar-refractivity contribution in [1.82, 2.24) is 24.9 Å². The molecule has 0 unspecified atom stereocenters. The fraction of sp³-hybridized carbons (Fsp3) is 0. The van der Waals surface area contributed by atoms with Gasteiger partial charge in [0.15, 0.2) is 0 Å². The lowest BCUT2D eigenvalue weighted by Gasteiger charge is -1.97. The third kappa shape index (κ3) is 4.58. The number of hydrogen-bond donors (Lipinski definition) is 3. The Hall–Kier alpha value is -4.97. The van der Waals surface area contributed by atoms with Gasteiger partial charge in [0.1, 0.15) is 0 Å². The van der Waals surface area contributed by atoms with E-state index in [-0.39, 0.29) is 0 Å². The zero-order valence-electron chi connectivity index (χ0n) is 18.8. The average Bonchev–Trinajstić information content (AvgIpc) is 3.66. The summed E-state index contributed by atoms with van der Waals surface area (Å²) in [5, 5.41) is 1.09. The quantitative estimate of drug-likeness (QED) is 0.229. The molecular weight excluding hydrogens is 432 g/mol. The summed E-state index contributed by atoms with van der Waals surface area (Å²) < 4.78 is 0. The number of anilines is 1. The molecule has 2 aliphatic heterocycles. The van der Waals surface area contributed by atoms with Crippen molar-refractivity contribution in [2.24, 2.45) is 0 Å². The lowest BCUT2D eigenvalue weighted by molar-refractivity contribution is 1.28. The number of fused-ring (bicyclic) bond motifs is 9. The first-order valence-corrected chi connectivity index (χ1v) is 11.3. The van der Waals surface area contributed by atoms with Crippen LogP contribution in [0.3, 0.4) is 0 Å². The molecule has 6 heterocycles. The van der Waals surface area contributed by atoms with Gasteiger partial charge in [-0.2, -0.15) is 0 Å². The largest absolute Gasteiger partial charge is 0.397 e. The molecule has 5 aromatic rings. The summed E-state index contributed by atoms with van der Waals surface area (Å²) in [7, 11) is 0. The first-order chi connectivity index (χ1) is 17.2. The van der Waals surface area contributed by atoms with Gasteiger partial charge in [-0.05, 0) is 85.0 Å². The van der Waals surface area contributed by atoms with Gasteiger partial charge in [0.05, 0.1) is 34.0 Å². The van der Waals surface area contributed by atoms with Crippen LogP contribution in [-0.2, 0) is 0 Å². The van der Waals surface area contributed by atoms with Crippen LogP contribution in [0.2, 0.25) is 0 Å². The normalized spacial score (nSPS) is 11.9. The number of nitrogens with zero attached hydrogens (tertiary/aromatic N) is 3. The van der Waals surface area contributed by atoms with E-state index in [0.717, 1.165) is 61.4 Å². The van der Waals surface area contributed by atoms with E-state index in [0.29, 0.717) is 0 Å². The maximum atomic E-state index is 5.69. The van der Waals surface area contributed by atoms with Gasteiger partial charge in [0, 0.05) is 33.6 Å². The van der Waals surface area contributed by atoms with E-state index in [9.17, 15) is 0 Å². The van der Waals surface area contributed by atoms with Crippen molar-refractivity contribution in [2.45, 2.75) is 0 Å². The van der Waals surface area contributed by atoms with Gasteiger partial charge in [-0.15, -0.1) is 0 Å². The van der Waals surface area contributed by atoms with Crippen LogP contribution in [0.5, 0.6) is 0 Å². The second-order valence-corrected chi connectivity index (χ2v) is 8.33. The van der Waals surface area contributed by atoms with Crippen molar-refractivity contribution in [3.63, 3.8) is 0 Å². The minimum absolute atomic E-state index is 0.739. The number of nitrogens with two attached hydrogens (primary N) is 1. The molecule has 4 N–H and O–H groups in total. The number of H-pyrrole nitrogens is 2. The number of pyridine rings is 1. The number of aromatic amines is 2. The summed E-state index contributed by atoms with van der Waals surface area (Å²) in [6.45, 7) is 0. The maximum Gasteiger partial charge on any atom is 0.0931 e. The topological polar surface area (TPSA) is 96.3 Å². The standard InChI is InChI=1S/C20H14N4.C9H8N2/c1-2-14-10-16-5-6-18(23-16)12-20-8-7-19(24-20)11-17-4-3-15(22-17)9-13(1)21-14;10-8-5-1-3-7-4-2-6-11-9(7)8/h1-12,21-22H;1-6H,10H2. The Morgan fingerprint density at radius 3 is 1.63 bits per heavy atom. The van der Waals surface area contributed by atoms with Crippen LogP contribution in [-0.4, -0.2) is 24.9 Å². The first kappa shape index (κ1) is 20.6. The molecule has 6 nitrogen and oxygen atoms in total. The molecule has 7 rings (SSSR count). The SMILES string of the molecule is C1=Cc2cc3ccc(cc4ccc(cc5nc(cc1n2)C=C5)[nH]4)[nH]3.Nc1cccc2cccnc12. The first-order valence-electron chi connectivity index (χ1n) is 11.3. The summed E-state index contributed by atoms with van der Waals surface area (Å²) in [4.78, 5) is 20.2. The predicted molar refractivity (Wildman–Crippen MR) is 145 cm³/mol.